The Kier molecular flexibility index (Phi) is 5.09. The summed E-state index contributed by atoms with van der Waals surface area (Å²) in [6, 6.07) is 18.2. The van der Waals surface area contributed by atoms with Gasteiger partial charge in [0.2, 0.25) is 5.91 Å². The molecule has 0 aromatic heterocycles. The van der Waals surface area contributed by atoms with Gasteiger partial charge in [-0.25, -0.2) is 0 Å². The third-order valence-electron chi connectivity index (χ3n) is 5.45. The van der Waals surface area contributed by atoms with Gasteiger partial charge < -0.3 is 15.1 Å². The van der Waals surface area contributed by atoms with Crippen LogP contribution in [0.1, 0.15) is 37.3 Å². The van der Waals surface area contributed by atoms with Crippen molar-refractivity contribution in [3.05, 3.63) is 60.2 Å². The number of carbonyl (C=O) groups excluding carboxylic acids is 1. The summed E-state index contributed by atoms with van der Waals surface area (Å²) in [5, 5.41) is 3.48. The highest BCUT2D eigenvalue weighted by Gasteiger charge is 2.27. The van der Waals surface area contributed by atoms with E-state index in [0.717, 1.165) is 50.3 Å². The fraction of sp³-hybridized carbons (Fsp3) is 0.409. The highest BCUT2D eigenvalue weighted by atomic mass is 16.2. The van der Waals surface area contributed by atoms with E-state index in [4.69, 9.17) is 0 Å². The zero-order valence-electron chi connectivity index (χ0n) is 15.2. The predicted octanol–water partition coefficient (Wildman–Crippen LogP) is 4.06. The molecule has 0 saturated carbocycles. The van der Waals surface area contributed by atoms with Gasteiger partial charge in [-0.05, 0) is 55.5 Å². The molecule has 2 aromatic rings. The van der Waals surface area contributed by atoms with Crippen LogP contribution in [0, 0.1) is 0 Å². The number of carbonyl (C=O) groups is 1. The Bertz CT molecular complexity index is 717. The lowest BCUT2D eigenvalue weighted by Crippen LogP contribution is -2.36. The second kappa shape index (κ2) is 7.81. The van der Waals surface area contributed by atoms with Crippen LogP contribution < -0.4 is 10.2 Å². The van der Waals surface area contributed by atoms with E-state index in [9.17, 15) is 4.79 Å². The van der Waals surface area contributed by atoms with Crippen LogP contribution in [0.15, 0.2) is 54.6 Å². The molecule has 0 unspecified atom stereocenters. The van der Waals surface area contributed by atoms with Crippen molar-refractivity contribution in [3.8, 4) is 0 Å². The fourth-order valence-corrected chi connectivity index (χ4v) is 3.96. The molecular weight excluding hydrogens is 322 g/mol. The van der Waals surface area contributed by atoms with Gasteiger partial charge in [0.25, 0.3) is 0 Å². The van der Waals surface area contributed by atoms with Crippen molar-refractivity contribution < 1.29 is 4.79 Å². The number of hydrogen-bond donors (Lipinski definition) is 1. The average Bonchev–Trinajstić information content (AvgIpc) is 3.41. The van der Waals surface area contributed by atoms with Crippen LogP contribution in [0.3, 0.4) is 0 Å². The van der Waals surface area contributed by atoms with Crippen molar-refractivity contribution in [1.29, 1.82) is 0 Å². The van der Waals surface area contributed by atoms with Gasteiger partial charge >= 0.3 is 0 Å². The summed E-state index contributed by atoms with van der Waals surface area (Å²) in [5.74, 6) is 0.178. The Labute approximate surface area is 155 Å². The molecule has 2 aromatic carbocycles. The largest absolute Gasteiger partial charge is 0.372 e. The maximum Gasteiger partial charge on any atom is 0.249 e. The molecule has 2 aliphatic heterocycles. The third kappa shape index (κ3) is 3.69. The Morgan fingerprint density at radius 1 is 0.808 bits per heavy atom. The summed E-state index contributed by atoms with van der Waals surface area (Å²) in [5.41, 5.74) is 3.29. The first kappa shape index (κ1) is 17.0. The van der Waals surface area contributed by atoms with Crippen LogP contribution in [0.2, 0.25) is 0 Å². The third-order valence-corrected chi connectivity index (χ3v) is 5.45. The number of amides is 1. The van der Waals surface area contributed by atoms with Crippen molar-refractivity contribution in [3.63, 3.8) is 0 Å². The zero-order valence-corrected chi connectivity index (χ0v) is 15.2. The standard InChI is InChI=1S/C22H27N3O/c26-22(25-16-6-7-17-25)21(18-8-2-1-3-9-18)23-19-10-12-20(13-11-19)24-14-4-5-15-24/h1-3,8-13,21,23H,4-7,14-17H2/t21-/m1/s1. The molecule has 2 fully saturated rings. The minimum atomic E-state index is -0.327. The van der Waals surface area contributed by atoms with Gasteiger partial charge in [0.15, 0.2) is 0 Å². The Balaban J connectivity index is 1.53. The SMILES string of the molecule is O=C([C@H](Nc1ccc(N2CCCC2)cc1)c1ccccc1)N1CCCC1. The Morgan fingerprint density at radius 2 is 1.42 bits per heavy atom. The van der Waals surface area contributed by atoms with E-state index < -0.39 is 0 Å². The summed E-state index contributed by atoms with van der Waals surface area (Å²) in [7, 11) is 0. The molecule has 2 saturated heterocycles. The molecule has 26 heavy (non-hydrogen) atoms. The van der Waals surface area contributed by atoms with E-state index in [1.54, 1.807) is 0 Å². The van der Waals surface area contributed by atoms with Gasteiger partial charge in [-0.2, -0.15) is 0 Å². The lowest BCUT2D eigenvalue weighted by molar-refractivity contribution is -0.131. The number of rotatable bonds is 5. The number of likely N-dealkylation sites (tertiary alicyclic amines) is 1. The van der Waals surface area contributed by atoms with Gasteiger partial charge in [-0.15, -0.1) is 0 Å². The quantitative estimate of drug-likeness (QED) is 0.884. The minimum absolute atomic E-state index is 0.178. The molecule has 0 spiro atoms. The highest BCUT2D eigenvalue weighted by Crippen LogP contribution is 2.26. The van der Waals surface area contributed by atoms with E-state index in [1.807, 2.05) is 35.2 Å². The van der Waals surface area contributed by atoms with E-state index in [0.29, 0.717) is 0 Å². The average molecular weight is 349 g/mol. The summed E-state index contributed by atoms with van der Waals surface area (Å²) in [6.07, 6.45) is 4.77. The molecule has 1 N–H and O–H groups in total. The topological polar surface area (TPSA) is 35.6 Å². The molecular formula is C22H27N3O. The number of nitrogens with zero attached hydrogens (tertiary/aromatic N) is 2. The first-order valence-corrected chi connectivity index (χ1v) is 9.76. The lowest BCUT2D eigenvalue weighted by Gasteiger charge is -2.25. The van der Waals surface area contributed by atoms with Crippen LogP contribution in [-0.2, 0) is 4.79 Å². The van der Waals surface area contributed by atoms with E-state index in [1.165, 1.54) is 18.5 Å². The molecule has 4 rings (SSSR count). The molecule has 1 atom stereocenters. The van der Waals surface area contributed by atoms with Crippen LogP contribution in [-0.4, -0.2) is 37.0 Å². The van der Waals surface area contributed by atoms with Gasteiger partial charge in [-0.3, -0.25) is 4.79 Å². The van der Waals surface area contributed by atoms with Crippen LogP contribution >= 0.6 is 0 Å². The second-order valence-electron chi connectivity index (χ2n) is 7.26. The summed E-state index contributed by atoms with van der Waals surface area (Å²) in [6.45, 7) is 4.04. The number of nitrogens with one attached hydrogen (secondary N) is 1. The minimum Gasteiger partial charge on any atom is -0.372 e. The fourth-order valence-electron chi connectivity index (χ4n) is 3.96. The summed E-state index contributed by atoms with van der Waals surface area (Å²) < 4.78 is 0. The molecule has 0 bridgehead atoms. The van der Waals surface area contributed by atoms with Crippen molar-refractivity contribution in [2.24, 2.45) is 0 Å². The summed E-state index contributed by atoms with van der Waals surface area (Å²) in [4.78, 5) is 17.5. The number of hydrogen-bond acceptors (Lipinski definition) is 3. The van der Waals surface area contributed by atoms with Crippen LogP contribution in [0.5, 0.6) is 0 Å². The molecule has 1 amide bonds. The van der Waals surface area contributed by atoms with Crippen molar-refractivity contribution in [1.82, 2.24) is 4.90 Å². The van der Waals surface area contributed by atoms with Crippen LogP contribution in [0.25, 0.3) is 0 Å². The zero-order chi connectivity index (χ0) is 17.8. The van der Waals surface area contributed by atoms with Gasteiger partial charge in [-0.1, -0.05) is 30.3 Å². The normalized spacial score (nSPS) is 18.2. The molecule has 136 valence electrons. The maximum absolute atomic E-state index is 13.1. The molecule has 2 heterocycles. The van der Waals surface area contributed by atoms with Gasteiger partial charge in [0.1, 0.15) is 6.04 Å². The van der Waals surface area contributed by atoms with Gasteiger partial charge in [0, 0.05) is 37.6 Å². The molecule has 0 radical (unpaired) electrons. The van der Waals surface area contributed by atoms with E-state index in [-0.39, 0.29) is 11.9 Å². The van der Waals surface area contributed by atoms with E-state index >= 15 is 0 Å². The highest BCUT2D eigenvalue weighted by molar-refractivity contribution is 5.86. The number of anilines is 2. The van der Waals surface area contributed by atoms with Gasteiger partial charge in [0.05, 0.1) is 0 Å². The smallest absolute Gasteiger partial charge is 0.249 e. The summed E-state index contributed by atoms with van der Waals surface area (Å²) >= 11 is 0. The predicted molar refractivity (Wildman–Crippen MR) is 107 cm³/mol. The Morgan fingerprint density at radius 3 is 2.08 bits per heavy atom. The van der Waals surface area contributed by atoms with E-state index in [2.05, 4.69) is 34.5 Å². The molecule has 2 aliphatic rings. The van der Waals surface area contributed by atoms with Crippen molar-refractivity contribution >= 4 is 17.3 Å². The van der Waals surface area contributed by atoms with Crippen molar-refractivity contribution in [2.75, 3.05) is 36.4 Å². The van der Waals surface area contributed by atoms with Crippen molar-refractivity contribution in [2.45, 2.75) is 31.7 Å². The Hall–Kier alpha value is -2.49. The number of benzene rings is 2. The lowest BCUT2D eigenvalue weighted by atomic mass is 10.0. The molecule has 0 aliphatic carbocycles. The monoisotopic (exact) mass is 349 g/mol. The van der Waals surface area contributed by atoms with Crippen LogP contribution in [0.4, 0.5) is 11.4 Å². The first-order chi connectivity index (χ1) is 12.8. The molecule has 4 nitrogen and oxygen atoms in total. The maximum atomic E-state index is 13.1. The second-order valence-corrected chi connectivity index (χ2v) is 7.26. The first-order valence-electron chi connectivity index (χ1n) is 9.76. The molecule has 4 heteroatoms.